The number of ether oxygens (including phenoxy) is 2. The van der Waals surface area contributed by atoms with E-state index in [-0.39, 0.29) is 46.1 Å². The minimum absolute atomic E-state index is 0.0858. The number of hydrogen-bond donors (Lipinski definition) is 0. The van der Waals surface area contributed by atoms with Gasteiger partial charge in [0.05, 0.1) is 18.8 Å². The Labute approximate surface area is 152 Å². The Morgan fingerprint density at radius 1 is 0.962 bits per heavy atom. The molecule has 0 unspecified atom stereocenters. The summed E-state index contributed by atoms with van der Waals surface area (Å²) >= 11 is 0. The van der Waals surface area contributed by atoms with Gasteiger partial charge in [0, 0.05) is 6.07 Å². The minimum Gasteiger partial charge on any atom is -0.372 e. The summed E-state index contributed by atoms with van der Waals surface area (Å²) in [6, 6.07) is 0.656. The second-order valence-corrected chi connectivity index (χ2v) is 6.95. The van der Waals surface area contributed by atoms with E-state index >= 15 is 0 Å². The van der Waals surface area contributed by atoms with E-state index in [1.54, 1.807) is 0 Å². The van der Waals surface area contributed by atoms with E-state index in [9.17, 15) is 22.0 Å². The van der Waals surface area contributed by atoms with Crippen LogP contribution in [0.25, 0.3) is 0 Å². The van der Waals surface area contributed by atoms with Crippen LogP contribution >= 0.6 is 0 Å². The number of halogens is 5. The van der Waals surface area contributed by atoms with Crippen LogP contribution in [0.5, 0.6) is 0 Å². The van der Waals surface area contributed by atoms with Crippen LogP contribution in [-0.4, -0.2) is 35.0 Å². The molecular formula is C16H22F5NO3Si. The highest BCUT2D eigenvalue weighted by atomic mass is 28.2. The maximum atomic E-state index is 13.9. The molecule has 0 atom stereocenters. The Hall–Kier alpha value is -1.23. The van der Waals surface area contributed by atoms with Crippen molar-refractivity contribution in [1.82, 2.24) is 0 Å². The first-order valence-electron chi connectivity index (χ1n) is 8.09. The highest BCUT2D eigenvalue weighted by Gasteiger charge is 2.22. The first-order valence-corrected chi connectivity index (χ1v) is 9.20. The molecule has 1 aromatic carbocycles. The predicted molar refractivity (Wildman–Crippen MR) is 87.2 cm³/mol. The summed E-state index contributed by atoms with van der Waals surface area (Å²) in [5.74, 6) is -7.46. The summed E-state index contributed by atoms with van der Waals surface area (Å²) in [6.45, 7) is 6.07. The summed E-state index contributed by atoms with van der Waals surface area (Å²) in [7, 11) is -0.0858. The molecule has 0 aliphatic rings. The fraction of sp³-hybridized carbons (Fsp3) is 0.625. The number of nitrogens with zero attached hydrogens (tertiary/aromatic N) is 1. The van der Waals surface area contributed by atoms with Crippen LogP contribution in [0.4, 0.5) is 27.7 Å². The molecule has 0 aliphatic carbocycles. The van der Waals surface area contributed by atoms with Crippen molar-refractivity contribution >= 4 is 15.5 Å². The van der Waals surface area contributed by atoms with Gasteiger partial charge in [-0.3, -0.25) is 0 Å². The van der Waals surface area contributed by atoms with Crippen molar-refractivity contribution in [2.45, 2.75) is 58.8 Å². The number of benzene rings is 1. The Kier molecular flexibility index (Phi) is 9.48. The van der Waals surface area contributed by atoms with Gasteiger partial charge >= 0.3 is 0 Å². The van der Waals surface area contributed by atoms with Crippen molar-refractivity contribution in [2.75, 3.05) is 11.7 Å². The van der Waals surface area contributed by atoms with Crippen LogP contribution in [0.3, 0.4) is 0 Å². The molecule has 0 heterocycles. The monoisotopic (exact) mass is 399 g/mol. The highest BCUT2D eigenvalue weighted by molar-refractivity contribution is 6.27. The average Bonchev–Trinajstić information content (AvgIpc) is 2.54. The predicted octanol–water partition coefficient (Wildman–Crippen LogP) is 4.51. The standard InChI is InChI=1S/C16H22F5NO3Si/c1-9(2)23-16(24-10(3)4)25-26-7-5-6-22(21)12-8-11(17)13(18)15(20)14(12)19/h8-10,16H,5-7H2,1-4H3. The molecule has 1 aromatic rings. The quantitative estimate of drug-likeness (QED) is 0.104. The molecule has 0 saturated carbocycles. The molecule has 2 radical (unpaired) electrons. The normalized spacial score (nSPS) is 11.8. The molecule has 1 rings (SSSR count). The smallest absolute Gasteiger partial charge is 0.262 e. The second-order valence-electron chi connectivity index (χ2n) is 5.93. The summed E-state index contributed by atoms with van der Waals surface area (Å²) in [6.07, 6.45) is -0.0299. The van der Waals surface area contributed by atoms with Gasteiger partial charge in [0.15, 0.2) is 23.3 Å². The number of rotatable bonds is 11. The van der Waals surface area contributed by atoms with Gasteiger partial charge in [0.25, 0.3) is 6.48 Å². The molecule has 0 bridgehead atoms. The van der Waals surface area contributed by atoms with Crippen LogP contribution in [-0.2, 0) is 13.9 Å². The Morgan fingerprint density at radius 3 is 2.08 bits per heavy atom. The highest BCUT2D eigenvalue weighted by Crippen LogP contribution is 2.26. The molecule has 10 heteroatoms. The summed E-state index contributed by atoms with van der Waals surface area (Å²) < 4.78 is 82.7. The fourth-order valence-electron chi connectivity index (χ4n) is 1.81. The fourth-order valence-corrected chi connectivity index (χ4v) is 2.47. The van der Waals surface area contributed by atoms with Gasteiger partial charge in [-0.1, -0.05) is 4.48 Å². The molecule has 0 N–H and O–H groups in total. The first-order chi connectivity index (χ1) is 12.1. The zero-order valence-electron chi connectivity index (χ0n) is 15.0. The molecule has 4 nitrogen and oxygen atoms in total. The molecule has 26 heavy (non-hydrogen) atoms. The van der Waals surface area contributed by atoms with Crippen LogP contribution in [0, 0.1) is 23.3 Å². The van der Waals surface area contributed by atoms with E-state index in [4.69, 9.17) is 13.9 Å². The van der Waals surface area contributed by atoms with E-state index in [1.807, 2.05) is 27.7 Å². The van der Waals surface area contributed by atoms with Crippen molar-refractivity contribution in [3.63, 3.8) is 0 Å². The van der Waals surface area contributed by atoms with Gasteiger partial charge < -0.3 is 13.9 Å². The lowest BCUT2D eigenvalue weighted by Gasteiger charge is -2.23. The molecule has 0 spiro atoms. The molecule has 0 aromatic heterocycles. The zero-order chi connectivity index (χ0) is 19.9. The topological polar surface area (TPSA) is 30.9 Å². The van der Waals surface area contributed by atoms with Crippen LogP contribution < -0.4 is 5.12 Å². The zero-order valence-corrected chi connectivity index (χ0v) is 16.0. The lowest BCUT2D eigenvalue weighted by molar-refractivity contribution is -0.275. The van der Waals surface area contributed by atoms with E-state index in [1.165, 1.54) is 0 Å². The Balaban J connectivity index is 2.46. The maximum absolute atomic E-state index is 13.9. The summed E-state index contributed by atoms with van der Waals surface area (Å²) in [5.41, 5.74) is -0.991. The third kappa shape index (κ3) is 7.18. The maximum Gasteiger partial charge on any atom is 0.262 e. The first kappa shape index (κ1) is 22.8. The molecule has 0 saturated heterocycles. The second kappa shape index (κ2) is 10.8. The molecule has 0 aliphatic heterocycles. The summed E-state index contributed by atoms with van der Waals surface area (Å²) in [4.78, 5) is 0. The van der Waals surface area contributed by atoms with E-state index in [0.717, 1.165) is 0 Å². The SMILES string of the molecule is CC(C)OC(O[Si]CCCN(F)c1cc(F)c(F)c(F)c1F)OC(C)C. The Morgan fingerprint density at radius 2 is 1.54 bits per heavy atom. The number of anilines is 1. The molecular weight excluding hydrogens is 377 g/mol. The van der Waals surface area contributed by atoms with E-state index in [0.29, 0.717) is 6.04 Å². The van der Waals surface area contributed by atoms with E-state index in [2.05, 4.69) is 0 Å². The minimum atomic E-state index is -2.05. The van der Waals surface area contributed by atoms with Gasteiger partial charge in [-0.15, -0.1) is 0 Å². The largest absolute Gasteiger partial charge is 0.372 e. The van der Waals surface area contributed by atoms with Crippen molar-refractivity contribution in [1.29, 1.82) is 0 Å². The Bertz CT molecular complexity index is 567. The van der Waals surface area contributed by atoms with Crippen molar-refractivity contribution in [3.8, 4) is 0 Å². The van der Waals surface area contributed by atoms with Crippen molar-refractivity contribution < 1.29 is 35.9 Å². The number of hydrogen-bond acceptors (Lipinski definition) is 4. The lowest BCUT2D eigenvalue weighted by atomic mass is 10.2. The summed E-state index contributed by atoms with van der Waals surface area (Å²) in [5, 5.41) is -0.169. The third-order valence-corrected chi connectivity index (χ3v) is 3.84. The van der Waals surface area contributed by atoms with E-state index < -0.39 is 35.4 Å². The van der Waals surface area contributed by atoms with Gasteiger partial charge in [0.1, 0.15) is 5.69 Å². The average molecular weight is 399 g/mol. The van der Waals surface area contributed by atoms with Crippen LogP contribution in [0.1, 0.15) is 34.1 Å². The van der Waals surface area contributed by atoms with Gasteiger partial charge in [-0.2, -0.15) is 0 Å². The van der Waals surface area contributed by atoms with Crippen molar-refractivity contribution in [3.05, 3.63) is 29.3 Å². The van der Waals surface area contributed by atoms with Crippen LogP contribution in [0.15, 0.2) is 6.07 Å². The lowest BCUT2D eigenvalue weighted by Crippen LogP contribution is -2.29. The van der Waals surface area contributed by atoms with Gasteiger partial charge in [-0.05, 0) is 40.2 Å². The third-order valence-electron chi connectivity index (χ3n) is 2.92. The van der Waals surface area contributed by atoms with Crippen LogP contribution in [0.2, 0.25) is 6.04 Å². The van der Waals surface area contributed by atoms with Gasteiger partial charge in [0.2, 0.25) is 9.76 Å². The molecule has 148 valence electrons. The van der Waals surface area contributed by atoms with Crippen molar-refractivity contribution in [2.24, 2.45) is 0 Å². The molecule has 0 amide bonds. The molecule has 0 fully saturated rings. The van der Waals surface area contributed by atoms with Gasteiger partial charge in [-0.25, -0.2) is 22.7 Å².